The summed E-state index contributed by atoms with van der Waals surface area (Å²) in [5.74, 6) is -1.42. The van der Waals surface area contributed by atoms with Crippen molar-refractivity contribution in [2.24, 2.45) is 5.41 Å². The molecule has 29 heavy (non-hydrogen) atoms. The number of likely N-dealkylation sites (tertiary alicyclic amines) is 1. The number of carbonyl (C=O) groups is 2. The SMILES string of the molecule is COc1cccc(C[C@@]2(C(=O)O)CN(C(=O)Cc3ccccc3F)CC[C@@H]2O)c1. The summed E-state index contributed by atoms with van der Waals surface area (Å²) in [6.45, 7) is 0.0790. The van der Waals surface area contributed by atoms with Crippen molar-refractivity contribution in [3.05, 3.63) is 65.5 Å². The first-order valence-electron chi connectivity index (χ1n) is 9.41. The molecule has 1 fully saturated rings. The highest BCUT2D eigenvalue weighted by molar-refractivity contribution is 5.82. The minimum absolute atomic E-state index is 0.0458. The number of aliphatic hydroxyl groups is 1. The van der Waals surface area contributed by atoms with Crippen molar-refractivity contribution in [3.8, 4) is 5.75 Å². The molecule has 3 rings (SSSR count). The van der Waals surface area contributed by atoms with Crippen LogP contribution in [0, 0.1) is 11.2 Å². The molecule has 1 heterocycles. The number of carboxylic acids is 1. The zero-order valence-electron chi connectivity index (χ0n) is 16.2. The van der Waals surface area contributed by atoms with Gasteiger partial charge in [-0.1, -0.05) is 30.3 Å². The first kappa shape index (κ1) is 20.8. The summed E-state index contributed by atoms with van der Waals surface area (Å²) in [7, 11) is 1.52. The second kappa shape index (κ2) is 8.61. The van der Waals surface area contributed by atoms with Gasteiger partial charge in [-0.15, -0.1) is 0 Å². The molecular formula is C22H24FNO5. The van der Waals surface area contributed by atoms with Crippen LogP contribution in [0.5, 0.6) is 5.75 Å². The normalized spacial score (nSPS) is 21.6. The number of amides is 1. The third-order valence-electron chi connectivity index (χ3n) is 5.52. The van der Waals surface area contributed by atoms with Crippen molar-refractivity contribution < 1.29 is 28.9 Å². The molecule has 0 aromatic heterocycles. The summed E-state index contributed by atoms with van der Waals surface area (Å²) in [6, 6.07) is 13.0. The highest BCUT2D eigenvalue weighted by Crippen LogP contribution is 2.35. The predicted octanol–water partition coefficient (Wildman–Crippen LogP) is 2.28. The van der Waals surface area contributed by atoms with Crippen molar-refractivity contribution in [1.29, 1.82) is 0 Å². The molecule has 0 spiro atoms. The Morgan fingerprint density at radius 2 is 2.00 bits per heavy atom. The molecule has 2 N–H and O–H groups in total. The zero-order chi connectivity index (χ0) is 21.0. The molecule has 1 aliphatic rings. The molecule has 0 aliphatic carbocycles. The van der Waals surface area contributed by atoms with Crippen molar-refractivity contribution in [2.75, 3.05) is 20.2 Å². The van der Waals surface area contributed by atoms with Gasteiger partial charge < -0.3 is 19.8 Å². The van der Waals surface area contributed by atoms with Gasteiger partial charge in [0.1, 0.15) is 17.0 Å². The Hall–Kier alpha value is -2.93. The van der Waals surface area contributed by atoms with E-state index in [0.29, 0.717) is 11.3 Å². The topological polar surface area (TPSA) is 87.1 Å². The van der Waals surface area contributed by atoms with E-state index in [4.69, 9.17) is 4.74 Å². The van der Waals surface area contributed by atoms with Crippen LogP contribution in [-0.4, -0.2) is 53.3 Å². The lowest BCUT2D eigenvalue weighted by Crippen LogP contribution is -2.58. The summed E-state index contributed by atoms with van der Waals surface area (Å²) >= 11 is 0. The van der Waals surface area contributed by atoms with E-state index < -0.39 is 23.3 Å². The summed E-state index contributed by atoms with van der Waals surface area (Å²) in [4.78, 5) is 26.4. The lowest BCUT2D eigenvalue weighted by atomic mass is 9.72. The third-order valence-corrected chi connectivity index (χ3v) is 5.52. The lowest BCUT2D eigenvalue weighted by Gasteiger charge is -2.43. The van der Waals surface area contributed by atoms with Crippen molar-refractivity contribution in [3.63, 3.8) is 0 Å². The molecule has 7 heteroatoms. The lowest BCUT2D eigenvalue weighted by molar-refractivity contribution is -0.165. The maximum Gasteiger partial charge on any atom is 0.314 e. The number of piperidine rings is 1. The van der Waals surface area contributed by atoms with Crippen LogP contribution in [0.2, 0.25) is 0 Å². The van der Waals surface area contributed by atoms with Gasteiger partial charge in [0.2, 0.25) is 5.91 Å². The molecule has 6 nitrogen and oxygen atoms in total. The van der Waals surface area contributed by atoms with Gasteiger partial charge in [0, 0.05) is 13.1 Å². The second-order valence-electron chi connectivity index (χ2n) is 7.38. The Labute approximate surface area is 168 Å². The maximum atomic E-state index is 13.9. The molecule has 0 radical (unpaired) electrons. The molecule has 0 bridgehead atoms. The Balaban J connectivity index is 1.83. The molecule has 2 aromatic carbocycles. The van der Waals surface area contributed by atoms with E-state index in [2.05, 4.69) is 0 Å². The van der Waals surface area contributed by atoms with Gasteiger partial charge in [-0.2, -0.15) is 0 Å². The fourth-order valence-electron chi connectivity index (χ4n) is 3.81. The first-order chi connectivity index (χ1) is 13.9. The largest absolute Gasteiger partial charge is 0.497 e. The zero-order valence-corrected chi connectivity index (χ0v) is 16.2. The van der Waals surface area contributed by atoms with E-state index in [9.17, 15) is 24.2 Å². The molecule has 1 amide bonds. The average molecular weight is 401 g/mol. The molecular weight excluding hydrogens is 377 g/mol. The second-order valence-corrected chi connectivity index (χ2v) is 7.38. The molecule has 2 atom stereocenters. The molecule has 1 aliphatic heterocycles. The van der Waals surface area contributed by atoms with E-state index >= 15 is 0 Å². The number of nitrogens with zero attached hydrogens (tertiary/aromatic N) is 1. The van der Waals surface area contributed by atoms with Crippen LogP contribution in [-0.2, 0) is 22.4 Å². The number of methoxy groups -OCH3 is 1. The number of carboxylic acid groups (broad SMARTS) is 1. The van der Waals surface area contributed by atoms with Crippen molar-refractivity contribution in [2.45, 2.75) is 25.4 Å². The van der Waals surface area contributed by atoms with Gasteiger partial charge >= 0.3 is 5.97 Å². The number of aliphatic hydroxyl groups excluding tert-OH is 1. The number of benzene rings is 2. The summed E-state index contributed by atoms with van der Waals surface area (Å²) < 4.78 is 19.1. The van der Waals surface area contributed by atoms with Crippen molar-refractivity contribution >= 4 is 11.9 Å². The van der Waals surface area contributed by atoms with Crippen LogP contribution in [0.15, 0.2) is 48.5 Å². The Morgan fingerprint density at radius 3 is 2.69 bits per heavy atom. The highest BCUT2D eigenvalue weighted by atomic mass is 19.1. The Morgan fingerprint density at radius 1 is 1.24 bits per heavy atom. The van der Waals surface area contributed by atoms with Gasteiger partial charge in [0.15, 0.2) is 0 Å². The van der Waals surface area contributed by atoms with Crippen molar-refractivity contribution in [1.82, 2.24) is 4.90 Å². The fraction of sp³-hybridized carbons (Fsp3) is 0.364. The molecule has 0 saturated carbocycles. The van der Waals surface area contributed by atoms with Crippen LogP contribution in [0.3, 0.4) is 0 Å². The summed E-state index contributed by atoms with van der Waals surface area (Å²) in [5.41, 5.74) is -0.596. The summed E-state index contributed by atoms with van der Waals surface area (Å²) in [5, 5.41) is 20.6. The third kappa shape index (κ3) is 4.40. The van der Waals surface area contributed by atoms with Gasteiger partial charge in [0.25, 0.3) is 0 Å². The van der Waals surface area contributed by atoms with E-state index in [0.717, 1.165) is 0 Å². The maximum absolute atomic E-state index is 13.9. The number of hydrogen-bond acceptors (Lipinski definition) is 4. The molecule has 1 saturated heterocycles. The number of carbonyl (C=O) groups excluding carboxylic acids is 1. The molecule has 0 unspecified atom stereocenters. The monoisotopic (exact) mass is 401 g/mol. The van der Waals surface area contributed by atoms with E-state index in [1.165, 1.54) is 24.1 Å². The van der Waals surface area contributed by atoms with E-state index in [1.807, 2.05) is 0 Å². The van der Waals surface area contributed by atoms with E-state index in [1.54, 1.807) is 36.4 Å². The van der Waals surface area contributed by atoms with E-state index in [-0.39, 0.29) is 43.8 Å². The number of aliphatic carboxylic acids is 1. The van der Waals surface area contributed by atoms with Crippen LogP contribution in [0.1, 0.15) is 17.5 Å². The van der Waals surface area contributed by atoms with Gasteiger partial charge in [0.05, 0.1) is 19.6 Å². The van der Waals surface area contributed by atoms with Crippen LogP contribution >= 0.6 is 0 Å². The van der Waals surface area contributed by atoms with Gasteiger partial charge in [-0.05, 0) is 42.2 Å². The number of halogens is 1. The molecule has 2 aromatic rings. The molecule has 154 valence electrons. The quantitative estimate of drug-likeness (QED) is 0.776. The number of hydrogen-bond donors (Lipinski definition) is 2. The smallest absolute Gasteiger partial charge is 0.314 e. The minimum atomic E-state index is -1.55. The van der Waals surface area contributed by atoms with Crippen LogP contribution < -0.4 is 4.74 Å². The highest BCUT2D eigenvalue weighted by Gasteiger charge is 2.50. The van der Waals surface area contributed by atoms with Crippen LogP contribution in [0.25, 0.3) is 0 Å². The van der Waals surface area contributed by atoms with Gasteiger partial charge in [-0.25, -0.2) is 4.39 Å². The summed E-state index contributed by atoms with van der Waals surface area (Å²) in [6.07, 6.45) is -1.08. The minimum Gasteiger partial charge on any atom is -0.497 e. The van der Waals surface area contributed by atoms with Crippen LogP contribution in [0.4, 0.5) is 4.39 Å². The fourth-order valence-corrected chi connectivity index (χ4v) is 3.81. The average Bonchev–Trinajstić information content (AvgIpc) is 2.71. The Bertz CT molecular complexity index is 902. The Kier molecular flexibility index (Phi) is 6.17. The number of ether oxygens (including phenoxy) is 1. The predicted molar refractivity (Wildman–Crippen MR) is 104 cm³/mol. The first-order valence-corrected chi connectivity index (χ1v) is 9.41. The number of rotatable bonds is 6. The standard InChI is InChI=1S/C22H24FNO5/c1-29-17-7-4-5-15(11-17)13-22(21(27)28)14-24(10-9-19(22)25)20(26)12-16-6-2-3-8-18(16)23/h2-8,11,19,25H,9-10,12-14H2,1H3,(H,27,28)/t19-,22+/m0/s1. The van der Waals surface area contributed by atoms with Gasteiger partial charge in [-0.3, -0.25) is 9.59 Å².